The highest BCUT2D eigenvalue weighted by atomic mass is 32.1. The Kier molecular flexibility index (Phi) is 6.64. The number of ether oxygens (including phenoxy) is 1. The van der Waals surface area contributed by atoms with Gasteiger partial charge in [-0.1, -0.05) is 18.2 Å². The van der Waals surface area contributed by atoms with Crippen LogP contribution in [0.5, 0.6) is 0 Å². The molecule has 0 unspecified atom stereocenters. The summed E-state index contributed by atoms with van der Waals surface area (Å²) in [6.07, 6.45) is -3.46. The highest BCUT2D eigenvalue weighted by Crippen LogP contribution is 2.31. The summed E-state index contributed by atoms with van der Waals surface area (Å²) in [6, 6.07) is 5.15. The molecule has 2 aromatic rings. The minimum atomic E-state index is -4.39. The van der Waals surface area contributed by atoms with Crippen molar-refractivity contribution in [1.29, 1.82) is 0 Å². The van der Waals surface area contributed by atoms with Crippen LogP contribution in [0, 0.1) is 12.8 Å². The molecule has 1 N–H and O–H groups in total. The first kappa shape index (κ1) is 22.1. The molecule has 3 rings (SSSR count). The molecule has 10 heteroatoms. The van der Waals surface area contributed by atoms with Crippen LogP contribution in [-0.4, -0.2) is 42.1 Å². The van der Waals surface area contributed by atoms with E-state index in [-0.39, 0.29) is 18.2 Å². The minimum Gasteiger partial charge on any atom is -0.453 e. The van der Waals surface area contributed by atoms with Crippen LogP contribution in [0.15, 0.2) is 24.3 Å². The van der Waals surface area contributed by atoms with Gasteiger partial charge in [-0.15, -0.1) is 11.3 Å². The second kappa shape index (κ2) is 9.03. The maximum atomic E-state index is 12.9. The highest BCUT2D eigenvalue weighted by Gasteiger charge is 2.31. The molecule has 2 amide bonds. The van der Waals surface area contributed by atoms with Gasteiger partial charge < -0.3 is 15.0 Å². The summed E-state index contributed by atoms with van der Waals surface area (Å²) in [4.78, 5) is 30.1. The Hall–Kier alpha value is -2.62. The second-order valence-corrected chi connectivity index (χ2v) is 8.20. The van der Waals surface area contributed by atoms with E-state index in [1.54, 1.807) is 17.9 Å². The number of anilines is 1. The van der Waals surface area contributed by atoms with E-state index in [9.17, 15) is 22.8 Å². The van der Waals surface area contributed by atoms with Gasteiger partial charge in [0.05, 0.1) is 23.4 Å². The fourth-order valence-electron chi connectivity index (χ4n) is 3.34. The van der Waals surface area contributed by atoms with Gasteiger partial charge in [-0.2, -0.15) is 13.2 Å². The van der Waals surface area contributed by atoms with Crippen LogP contribution in [0.4, 0.5) is 23.0 Å². The van der Waals surface area contributed by atoms with E-state index >= 15 is 0 Å². The molecule has 0 bridgehead atoms. The van der Waals surface area contributed by atoms with Gasteiger partial charge >= 0.3 is 12.3 Å². The molecule has 0 radical (unpaired) electrons. The Morgan fingerprint density at radius 1 is 1.30 bits per heavy atom. The van der Waals surface area contributed by atoms with Gasteiger partial charge in [-0.3, -0.25) is 4.79 Å². The number of rotatable bonds is 4. The Morgan fingerprint density at radius 2 is 2.00 bits per heavy atom. The first-order valence-corrected chi connectivity index (χ1v) is 10.2. The van der Waals surface area contributed by atoms with Crippen LogP contribution in [-0.2, 0) is 22.1 Å². The van der Waals surface area contributed by atoms with E-state index in [1.807, 2.05) is 0 Å². The molecule has 0 aliphatic carbocycles. The van der Waals surface area contributed by atoms with Crippen molar-refractivity contribution in [3.05, 3.63) is 46.1 Å². The van der Waals surface area contributed by atoms with Crippen molar-refractivity contribution < 1.29 is 27.5 Å². The number of likely N-dealkylation sites (tertiary alicyclic amines) is 1. The number of nitrogens with one attached hydrogen (secondary N) is 1. The van der Waals surface area contributed by atoms with E-state index < -0.39 is 17.8 Å². The lowest BCUT2D eigenvalue weighted by Crippen LogP contribution is -2.41. The number of methoxy groups -OCH3 is 1. The summed E-state index contributed by atoms with van der Waals surface area (Å²) < 4.78 is 43.4. The van der Waals surface area contributed by atoms with Crippen molar-refractivity contribution in [3.63, 3.8) is 0 Å². The molecule has 6 nitrogen and oxygen atoms in total. The number of amides is 2. The predicted octanol–water partition coefficient (Wildman–Crippen LogP) is 4.48. The summed E-state index contributed by atoms with van der Waals surface area (Å²) in [6.45, 7) is 2.65. The van der Waals surface area contributed by atoms with E-state index in [2.05, 4.69) is 10.3 Å². The molecule has 30 heavy (non-hydrogen) atoms. The van der Waals surface area contributed by atoms with E-state index in [0.29, 0.717) is 47.2 Å². The van der Waals surface area contributed by atoms with E-state index in [0.717, 1.165) is 12.1 Å². The zero-order valence-corrected chi connectivity index (χ0v) is 17.4. The van der Waals surface area contributed by atoms with Crippen LogP contribution in [0.2, 0.25) is 0 Å². The Bertz CT molecular complexity index is 922. The summed E-state index contributed by atoms with van der Waals surface area (Å²) in [5, 5.41) is 4.10. The van der Waals surface area contributed by atoms with Gasteiger partial charge in [0.1, 0.15) is 5.00 Å². The third kappa shape index (κ3) is 5.29. The fraction of sp³-hybridized carbons (Fsp3) is 0.450. The van der Waals surface area contributed by atoms with Crippen molar-refractivity contribution in [2.45, 2.75) is 32.4 Å². The van der Waals surface area contributed by atoms with Crippen LogP contribution < -0.4 is 5.32 Å². The monoisotopic (exact) mass is 441 g/mol. The number of piperidine rings is 1. The maximum Gasteiger partial charge on any atom is 0.416 e. The number of hydrogen-bond acceptors (Lipinski definition) is 5. The molecule has 1 aliphatic rings. The third-order valence-corrected chi connectivity index (χ3v) is 6.06. The lowest BCUT2D eigenvalue weighted by Gasteiger charge is -2.30. The molecule has 0 saturated carbocycles. The Labute approximate surface area is 176 Å². The number of nitrogens with zero attached hydrogens (tertiary/aromatic N) is 2. The number of aryl methyl sites for hydroxylation is 1. The number of alkyl halides is 3. The van der Waals surface area contributed by atoms with Gasteiger partial charge in [-0.25, -0.2) is 9.78 Å². The molecule has 0 atom stereocenters. The van der Waals surface area contributed by atoms with Gasteiger partial charge in [-0.05, 0) is 31.4 Å². The van der Waals surface area contributed by atoms with Crippen molar-refractivity contribution in [3.8, 4) is 0 Å². The number of halogens is 3. The van der Waals surface area contributed by atoms with Crippen molar-refractivity contribution >= 4 is 28.3 Å². The normalized spacial score (nSPS) is 15.2. The standard InChI is InChI=1S/C20H22F3N3O3S/c1-12-18(25-17(27)14-6-8-26(9-7-14)19(28)29-2)30-16(24-12)11-13-4-3-5-15(10-13)20(21,22)23/h3-5,10,14H,6-9,11H2,1-2H3,(H,25,27). The molecular weight excluding hydrogens is 419 g/mol. The zero-order chi connectivity index (χ0) is 21.9. The largest absolute Gasteiger partial charge is 0.453 e. The van der Waals surface area contributed by atoms with Crippen LogP contribution in [0.1, 0.15) is 34.7 Å². The molecule has 2 heterocycles. The summed E-state index contributed by atoms with van der Waals surface area (Å²) in [7, 11) is 1.32. The molecule has 0 spiro atoms. The van der Waals surface area contributed by atoms with Crippen molar-refractivity contribution in [2.75, 3.05) is 25.5 Å². The number of benzene rings is 1. The molecular formula is C20H22F3N3O3S. The lowest BCUT2D eigenvalue weighted by molar-refractivity contribution is -0.137. The van der Waals surface area contributed by atoms with Gasteiger partial charge in [0.2, 0.25) is 5.91 Å². The number of hydrogen-bond donors (Lipinski definition) is 1. The average molecular weight is 441 g/mol. The topological polar surface area (TPSA) is 71.5 Å². The molecule has 1 aliphatic heterocycles. The van der Waals surface area contributed by atoms with Crippen LogP contribution >= 0.6 is 11.3 Å². The fourth-order valence-corrected chi connectivity index (χ4v) is 4.35. The number of carbonyl (C=O) groups is 2. The molecule has 1 fully saturated rings. The summed E-state index contributed by atoms with van der Waals surface area (Å²) in [5.41, 5.74) is 0.439. The quantitative estimate of drug-likeness (QED) is 0.760. The van der Waals surface area contributed by atoms with Gasteiger partial charge in [0.15, 0.2) is 0 Å². The average Bonchev–Trinajstić information content (AvgIpc) is 3.05. The predicted molar refractivity (Wildman–Crippen MR) is 106 cm³/mol. The smallest absolute Gasteiger partial charge is 0.416 e. The first-order valence-electron chi connectivity index (χ1n) is 9.43. The maximum absolute atomic E-state index is 12.9. The summed E-state index contributed by atoms with van der Waals surface area (Å²) in [5.74, 6) is -0.365. The Balaban J connectivity index is 1.61. The molecule has 1 aromatic carbocycles. The number of aromatic nitrogens is 1. The van der Waals surface area contributed by atoms with Gasteiger partial charge in [0.25, 0.3) is 0 Å². The van der Waals surface area contributed by atoms with Gasteiger partial charge in [0, 0.05) is 25.4 Å². The van der Waals surface area contributed by atoms with Crippen LogP contribution in [0.3, 0.4) is 0 Å². The zero-order valence-electron chi connectivity index (χ0n) is 16.6. The number of carbonyl (C=O) groups excluding carboxylic acids is 2. The van der Waals surface area contributed by atoms with Crippen molar-refractivity contribution in [1.82, 2.24) is 9.88 Å². The molecule has 1 aromatic heterocycles. The third-order valence-electron chi connectivity index (χ3n) is 4.99. The SMILES string of the molecule is COC(=O)N1CCC(C(=O)Nc2sc(Cc3cccc(C(F)(F)F)c3)nc2C)CC1. The highest BCUT2D eigenvalue weighted by molar-refractivity contribution is 7.16. The first-order chi connectivity index (χ1) is 14.2. The second-order valence-electron chi connectivity index (χ2n) is 7.12. The number of thiazole rings is 1. The van der Waals surface area contributed by atoms with Crippen molar-refractivity contribution in [2.24, 2.45) is 5.92 Å². The van der Waals surface area contributed by atoms with E-state index in [1.165, 1.54) is 24.5 Å². The minimum absolute atomic E-state index is 0.142. The lowest BCUT2D eigenvalue weighted by atomic mass is 9.96. The Morgan fingerprint density at radius 3 is 2.63 bits per heavy atom. The van der Waals surface area contributed by atoms with E-state index in [4.69, 9.17) is 4.74 Å². The molecule has 1 saturated heterocycles. The summed E-state index contributed by atoms with van der Waals surface area (Å²) >= 11 is 1.26. The van der Waals surface area contributed by atoms with Crippen LogP contribution in [0.25, 0.3) is 0 Å². The molecule has 162 valence electrons.